The number of imidazole rings is 2. The van der Waals surface area contributed by atoms with Gasteiger partial charge in [0, 0.05) is 25.5 Å². The number of aromatic nitrogens is 5. The van der Waals surface area contributed by atoms with Crippen LogP contribution in [0.15, 0.2) is 52.7 Å². The van der Waals surface area contributed by atoms with Crippen molar-refractivity contribution in [2.24, 2.45) is 7.05 Å². The van der Waals surface area contributed by atoms with Crippen LogP contribution in [-0.2, 0) is 20.1 Å². The van der Waals surface area contributed by atoms with Gasteiger partial charge in [0.15, 0.2) is 11.2 Å². The van der Waals surface area contributed by atoms with Crippen molar-refractivity contribution in [3.63, 3.8) is 0 Å². The molecule has 0 N–H and O–H groups in total. The first kappa shape index (κ1) is 17.0. The summed E-state index contributed by atoms with van der Waals surface area (Å²) in [6.07, 6.45) is 3.57. The molecule has 0 aliphatic carbocycles. The summed E-state index contributed by atoms with van der Waals surface area (Å²) in [5, 5.41) is 0. The van der Waals surface area contributed by atoms with E-state index in [9.17, 15) is 14.0 Å². The maximum absolute atomic E-state index is 13.1. The molecular formula is C19H18FN5O2. The minimum absolute atomic E-state index is 0.0569. The zero-order chi connectivity index (χ0) is 19.3. The summed E-state index contributed by atoms with van der Waals surface area (Å²) in [5.74, 6) is 0.208. The van der Waals surface area contributed by atoms with Gasteiger partial charge in [0.2, 0.25) is 5.78 Å². The Morgan fingerprint density at radius 2 is 1.89 bits per heavy atom. The average Bonchev–Trinajstić information content (AvgIpc) is 3.15. The Hall–Kier alpha value is -3.42. The van der Waals surface area contributed by atoms with Crippen molar-refractivity contribution >= 4 is 16.9 Å². The van der Waals surface area contributed by atoms with E-state index in [4.69, 9.17) is 0 Å². The predicted octanol–water partition coefficient (Wildman–Crippen LogP) is 1.83. The Bertz CT molecular complexity index is 1300. The molecule has 0 saturated heterocycles. The average molecular weight is 367 g/mol. The number of fused-ring (bicyclic) bond motifs is 3. The van der Waals surface area contributed by atoms with Crippen molar-refractivity contribution in [3.05, 3.63) is 81.0 Å². The van der Waals surface area contributed by atoms with Gasteiger partial charge in [-0.15, -0.1) is 6.58 Å². The second-order valence-corrected chi connectivity index (χ2v) is 6.48. The molecular weight excluding hydrogens is 349 g/mol. The largest absolute Gasteiger partial charge is 0.332 e. The van der Waals surface area contributed by atoms with E-state index in [0.29, 0.717) is 29.0 Å². The van der Waals surface area contributed by atoms with E-state index in [1.54, 1.807) is 29.7 Å². The zero-order valence-corrected chi connectivity index (χ0v) is 15.0. The van der Waals surface area contributed by atoms with Crippen LogP contribution in [0.2, 0.25) is 0 Å². The molecule has 0 fully saturated rings. The van der Waals surface area contributed by atoms with E-state index in [1.165, 1.54) is 16.7 Å². The lowest BCUT2D eigenvalue weighted by molar-refractivity contribution is 0.623. The van der Waals surface area contributed by atoms with Gasteiger partial charge in [-0.3, -0.25) is 18.3 Å². The van der Waals surface area contributed by atoms with Gasteiger partial charge >= 0.3 is 5.69 Å². The number of hydrogen-bond donors (Lipinski definition) is 0. The fourth-order valence-electron chi connectivity index (χ4n) is 3.32. The molecule has 0 aliphatic rings. The summed E-state index contributed by atoms with van der Waals surface area (Å²) in [5.41, 5.74) is 1.35. The van der Waals surface area contributed by atoms with Crippen LogP contribution < -0.4 is 11.2 Å². The predicted molar refractivity (Wildman–Crippen MR) is 101 cm³/mol. The molecule has 0 bridgehead atoms. The second kappa shape index (κ2) is 6.08. The zero-order valence-electron chi connectivity index (χ0n) is 15.0. The van der Waals surface area contributed by atoms with E-state index in [0.717, 1.165) is 10.3 Å². The maximum atomic E-state index is 13.1. The first-order chi connectivity index (χ1) is 12.9. The topological polar surface area (TPSA) is 66.2 Å². The molecule has 0 unspecified atom stereocenters. The lowest BCUT2D eigenvalue weighted by atomic mass is 10.2. The molecule has 0 aliphatic heterocycles. The quantitative estimate of drug-likeness (QED) is 0.517. The van der Waals surface area contributed by atoms with Crippen LogP contribution in [-0.4, -0.2) is 23.1 Å². The van der Waals surface area contributed by atoms with Crippen molar-refractivity contribution in [2.45, 2.75) is 20.0 Å². The van der Waals surface area contributed by atoms with Crippen molar-refractivity contribution in [1.29, 1.82) is 0 Å². The Labute approximate surface area is 153 Å². The third kappa shape index (κ3) is 2.52. The van der Waals surface area contributed by atoms with E-state index < -0.39 is 11.2 Å². The molecule has 27 heavy (non-hydrogen) atoms. The van der Waals surface area contributed by atoms with Gasteiger partial charge in [-0.05, 0) is 24.6 Å². The third-order valence-electron chi connectivity index (χ3n) is 4.71. The summed E-state index contributed by atoms with van der Waals surface area (Å²) in [7, 11) is 1.59. The molecule has 0 spiro atoms. The number of hydrogen-bond acceptors (Lipinski definition) is 3. The van der Waals surface area contributed by atoms with E-state index in [1.807, 2.05) is 17.7 Å². The molecule has 8 heteroatoms. The molecule has 4 aromatic rings. The highest BCUT2D eigenvalue weighted by Crippen LogP contribution is 2.16. The first-order valence-electron chi connectivity index (χ1n) is 8.45. The lowest BCUT2D eigenvalue weighted by Gasteiger charge is -2.08. The molecule has 3 heterocycles. The normalized spacial score (nSPS) is 11.5. The van der Waals surface area contributed by atoms with Gasteiger partial charge in [0.1, 0.15) is 5.82 Å². The number of halogens is 1. The van der Waals surface area contributed by atoms with Gasteiger partial charge < -0.3 is 4.57 Å². The molecule has 1 aromatic carbocycles. The van der Waals surface area contributed by atoms with Crippen LogP contribution >= 0.6 is 0 Å². The molecule has 4 rings (SSSR count). The number of nitrogens with zero attached hydrogens (tertiary/aromatic N) is 5. The number of allylic oxidation sites excluding steroid dienone is 1. The van der Waals surface area contributed by atoms with Gasteiger partial charge in [0.05, 0.1) is 6.54 Å². The van der Waals surface area contributed by atoms with E-state index in [-0.39, 0.29) is 12.4 Å². The molecule has 3 aromatic heterocycles. The summed E-state index contributed by atoms with van der Waals surface area (Å²) >= 11 is 0. The fourth-order valence-corrected chi connectivity index (χ4v) is 3.32. The lowest BCUT2D eigenvalue weighted by Crippen LogP contribution is -2.39. The summed E-state index contributed by atoms with van der Waals surface area (Å²) < 4.78 is 19.3. The first-order valence-corrected chi connectivity index (χ1v) is 8.45. The molecule has 0 saturated carbocycles. The van der Waals surface area contributed by atoms with Crippen LogP contribution in [0.5, 0.6) is 0 Å². The van der Waals surface area contributed by atoms with Crippen molar-refractivity contribution in [2.75, 3.05) is 0 Å². The minimum Gasteiger partial charge on any atom is -0.310 e. The molecule has 0 atom stereocenters. The second-order valence-electron chi connectivity index (χ2n) is 6.48. The van der Waals surface area contributed by atoms with Gasteiger partial charge in [-0.2, -0.15) is 4.98 Å². The van der Waals surface area contributed by atoms with Crippen molar-refractivity contribution in [3.8, 4) is 0 Å². The van der Waals surface area contributed by atoms with Gasteiger partial charge in [-0.1, -0.05) is 18.2 Å². The third-order valence-corrected chi connectivity index (χ3v) is 4.71. The van der Waals surface area contributed by atoms with Crippen LogP contribution in [0.1, 0.15) is 11.3 Å². The van der Waals surface area contributed by atoms with Crippen LogP contribution in [0.25, 0.3) is 16.9 Å². The summed E-state index contributed by atoms with van der Waals surface area (Å²) in [6.45, 7) is 6.27. The Balaban J connectivity index is 2.01. The fraction of sp³-hybridized carbons (Fsp3) is 0.211. The smallest absolute Gasteiger partial charge is 0.310 e. The monoisotopic (exact) mass is 367 g/mol. The van der Waals surface area contributed by atoms with Crippen LogP contribution in [0, 0.1) is 12.7 Å². The Kier molecular flexibility index (Phi) is 3.83. The highest BCUT2D eigenvalue weighted by molar-refractivity contribution is 5.75. The standard InChI is InChI=1S/C19H18FN5O2/c1-4-9-23-12(2)10-24-15-16(21-18(23)24)22(3)19(27)25(17(15)26)11-13-5-7-14(20)8-6-13/h4-8,10H,1,9,11H2,2-3H3. The van der Waals surface area contributed by atoms with Crippen LogP contribution in [0.3, 0.4) is 0 Å². The summed E-state index contributed by atoms with van der Waals surface area (Å²) in [4.78, 5) is 30.4. The molecule has 7 nitrogen and oxygen atoms in total. The highest BCUT2D eigenvalue weighted by Gasteiger charge is 2.19. The van der Waals surface area contributed by atoms with Crippen molar-refractivity contribution < 1.29 is 4.39 Å². The molecule has 0 amide bonds. The van der Waals surface area contributed by atoms with E-state index in [2.05, 4.69) is 11.6 Å². The number of rotatable bonds is 4. The van der Waals surface area contributed by atoms with Crippen LogP contribution in [0.4, 0.5) is 4.39 Å². The van der Waals surface area contributed by atoms with Crippen molar-refractivity contribution in [1.82, 2.24) is 23.1 Å². The Morgan fingerprint density at radius 1 is 1.19 bits per heavy atom. The Morgan fingerprint density at radius 3 is 2.56 bits per heavy atom. The number of benzene rings is 1. The number of aryl methyl sites for hydroxylation is 2. The molecule has 0 radical (unpaired) electrons. The van der Waals surface area contributed by atoms with Gasteiger partial charge in [0.25, 0.3) is 5.56 Å². The minimum atomic E-state index is -0.468. The van der Waals surface area contributed by atoms with Gasteiger partial charge in [-0.25, -0.2) is 9.18 Å². The maximum Gasteiger partial charge on any atom is 0.332 e. The van der Waals surface area contributed by atoms with E-state index >= 15 is 0 Å². The SMILES string of the molecule is C=CCn1c(C)cn2c3c(=O)n(Cc4ccc(F)cc4)c(=O)n(C)c3nc12. The molecule has 138 valence electrons. The summed E-state index contributed by atoms with van der Waals surface area (Å²) in [6, 6.07) is 5.72. The highest BCUT2D eigenvalue weighted by atomic mass is 19.1.